The number of nitrogens with zero attached hydrogens (tertiary/aromatic N) is 3. The molecule has 0 bridgehead atoms. The quantitative estimate of drug-likeness (QED) is 0.116. The van der Waals surface area contributed by atoms with Crippen LogP contribution in [0.2, 0.25) is 0 Å². The molecule has 15 heteroatoms. The summed E-state index contributed by atoms with van der Waals surface area (Å²) in [5.74, 6) is -2.64. The van der Waals surface area contributed by atoms with Crippen LogP contribution in [0, 0.1) is 11.6 Å². The van der Waals surface area contributed by atoms with Crippen molar-refractivity contribution in [1.82, 2.24) is 30.3 Å². The Hall–Kier alpha value is -5.31. The number of halogens is 2. The Kier molecular flexibility index (Phi) is 10.8. The van der Waals surface area contributed by atoms with Crippen molar-refractivity contribution in [1.29, 1.82) is 0 Å². The molecule has 0 unspecified atom stereocenters. The van der Waals surface area contributed by atoms with E-state index in [-0.39, 0.29) is 36.2 Å². The molecule has 2 heterocycles. The molecule has 1 atom stereocenters. The first-order chi connectivity index (χ1) is 21.6. The number of ether oxygens (including phenoxy) is 1. The third-order valence-corrected chi connectivity index (χ3v) is 7.00. The van der Waals surface area contributed by atoms with Crippen molar-refractivity contribution < 1.29 is 27.9 Å². The van der Waals surface area contributed by atoms with E-state index < -0.39 is 23.7 Å². The number of anilines is 2. The normalized spacial score (nSPS) is 11.6. The van der Waals surface area contributed by atoms with Gasteiger partial charge >= 0.3 is 6.03 Å². The summed E-state index contributed by atoms with van der Waals surface area (Å²) in [6, 6.07) is 6.60. The highest BCUT2D eigenvalue weighted by Gasteiger charge is 2.20. The molecule has 13 nitrogen and oxygen atoms in total. The molecule has 2 aromatic carbocycles. The molecule has 45 heavy (non-hydrogen) atoms. The second-order valence-electron chi connectivity index (χ2n) is 9.99. The smallest absolute Gasteiger partial charge is 0.312 e. The van der Waals surface area contributed by atoms with E-state index in [1.54, 1.807) is 22.7 Å². The first-order valence-electron chi connectivity index (χ1n) is 14.2. The SMILES string of the molecule is CCc1cc(Nc2nccn3c(-c4ccc(OC)c(F)c4F)cnc23)ccc1C(=O)NCCNC(=O)[C@@H](N)CCCNC(N)=O. The number of carbonyl (C=O) groups is 3. The van der Waals surface area contributed by atoms with Gasteiger partial charge in [-0.15, -0.1) is 0 Å². The zero-order valence-electron chi connectivity index (χ0n) is 24.8. The van der Waals surface area contributed by atoms with Gasteiger partial charge in [-0.05, 0) is 55.2 Å². The van der Waals surface area contributed by atoms with E-state index >= 15 is 0 Å². The maximum atomic E-state index is 14.8. The molecule has 2 aromatic heterocycles. The van der Waals surface area contributed by atoms with Gasteiger partial charge in [0.05, 0.1) is 25.0 Å². The summed E-state index contributed by atoms with van der Waals surface area (Å²) in [5, 5.41) is 11.1. The van der Waals surface area contributed by atoms with Crippen LogP contribution < -0.4 is 37.5 Å². The molecule has 0 spiro atoms. The third-order valence-electron chi connectivity index (χ3n) is 7.00. The lowest BCUT2D eigenvalue weighted by atomic mass is 10.0. The Labute approximate surface area is 257 Å². The Bertz CT molecular complexity index is 1700. The van der Waals surface area contributed by atoms with Crippen LogP contribution in [0.15, 0.2) is 48.9 Å². The van der Waals surface area contributed by atoms with Gasteiger partial charge in [0.15, 0.2) is 23.0 Å². The minimum absolute atomic E-state index is 0.0126. The van der Waals surface area contributed by atoms with Gasteiger partial charge in [-0.25, -0.2) is 19.2 Å². The van der Waals surface area contributed by atoms with Crippen LogP contribution in [0.1, 0.15) is 35.7 Å². The summed E-state index contributed by atoms with van der Waals surface area (Å²) >= 11 is 0. The number of hydrogen-bond acceptors (Lipinski definition) is 8. The van der Waals surface area contributed by atoms with Crippen molar-refractivity contribution in [3.63, 3.8) is 0 Å². The van der Waals surface area contributed by atoms with Crippen LogP contribution in [0.4, 0.5) is 25.1 Å². The van der Waals surface area contributed by atoms with Crippen LogP contribution in [-0.4, -0.2) is 65.0 Å². The minimum atomic E-state index is -1.09. The first kappa shape index (κ1) is 32.6. The number of primary amides is 1. The molecule has 4 rings (SSSR count). The van der Waals surface area contributed by atoms with Crippen molar-refractivity contribution in [2.75, 3.05) is 32.1 Å². The van der Waals surface area contributed by atoms with E-state index in [0.29, 0.717) is 54.2 Å². The second-order valence-corrected chi connectivity index (χ2v) is 9.99. The molecular weight excluding hydrogens is 588 g/mol. The summed E-state index contributed by atoms with van der Waals surface area (Å²) in [6.07, 6.45) is 5.95. The number of aryl methyl sites for hydroxylation is 1. The lowest BCUT2D eigenvalue weighted by Crippen LogP contribution is -2.44. The number of amides is 4. The van der Waals surface area contributed by atoms with E-state index in [2.05, 4.69) is 31.2 Å². The van der Waals surface area contributed by atoms with E-state index in [1.165, 1.54) is 31.6 Å². The first-order valence-corrected chi connectivity index (χ1v) is 14.2. The number of methoxy groups -OCH3 is 1. The van der Waals surface area contributed by atoms with Gasteiger partial charge in [-0.3, -0.25) is 14.0 Å². The molecule has 0 aliphatic rings. The second kappa shape index (κ2) is 14.9. The fourth-order valence-corrected chi connectivity index (χ4v) is 4.67. The molecule has 8 N–H and O–H groups in total. The zero-order chi connectivity index (χ0) is 32.5. The fourth-order valence-electron chi connectivity index (χ4n) is 4.67. The van der Waals surface area contributed by atoms with Crippen LogP contribution in [0.25, 0.3) is 16.9 Å². The summed E-state index contributed by atoms with van der Waals surface area (Å²) < 4.78 is 35.6. The zero-order valence-corrected chi connectivity index (χ0v) is 24.8. The predicted molar refractivity (Wildman–Crippen MR) is 164 cm³/mol. The monoisotopic (exact) mass is 623 g/mol. The van der Waals surface area contributed by atoms with Gasteiger partial charge in [0.2, 0.25) is 11.7 Å². The fraction of sp³-hybridized carbons (Fsp3) is 0.300. The topological polar surface area (TPSA) is 191 Å². The van der Waals surface area contributed by atoms with Crippen molar-refractivity contribution >= 4 is 35.0 Å². The maximum absolute atomic E-state index is 14.8. The van der Waals surface area contributed by atoms with Crippen LogP contribution >= 0.6 is 0 Å². The number of benzene rings is 2. The number of carbonyl (C=O) groups excluding carboxylic acids is 3. The summed E-state index contributed by atoms with van der Waals surface area (Å²) in [4.78, 5) is 44.5. The van der Waals surface area contributed by atoms with E-state index in [9.17, 15) is 23.2 Å². The number of nitrogens with one attached hydrogen (secondary N) is 4. The Balaban J connectivity index is 1.38. The van der Waals surface area contributed by atoms with Gasteiger partial charge in [0, 0.05) is 48.8 Å². The highest BCUT2D eigenvalue weighted by atomic mass is 19.2. The minimum Gasteiger partial charge on any atom is -0.494 e. The van der Waals surface area contributed by atoms with Gasteiger partial charge in [0.25, 0.3) is 5.91 Å². The molecule has 0 saturated carbocycles. The number of fused-ring (bicyclic) bond motifs is 1. The number of aromatic nitrogens is 3. The van der Waals surface area contributed by atoms with E-state index in [1.807, 2.05) is 13.0 Å². The molecule has 238 valence electrons. The average molecular weight is 624 g/mol. The standard InChI is InChI=1S/C30H35F2N9O4/c1-3-17-15-18(6-7-19(17)28(42)36-11-12-37-29(43)21(33)5-4-10-38-30(34)44)40-26-27-39-16-22(41(27)14-13-35-26)20-8-9-23(45-2)25(32)24(20)31/h6-9,13-16,21H,3-5,10-12,33H2,1-2H3,(H,35,40)(H,36,42)(H,37,43)(H3,34,38,44)/t21-/m0/s1. The molecule has 4 aromatic rings. The number of hydrogen-bond donors (Lipinski definition) is 6. The lowest BCUT2D eigenvalue weighted by Gasteiger charge is -2.14. The van der Waals surface area contributed by atoms with Crippen molar-refractivity contribution in [3.05, 3.63) is 71.7 Å². The summed E-state index contributed by atoms with van der Waals surface area (Å²) in [7, 11) is 1.26. The maximum Gasteiger partial charge on any atom is 0.312 e. The van der Waals surface area contributed by atoms with E-state index in [0.717, 1.165) is 5.56 Å². The highest BCUT2D eigenvalue weighted by molar-refractivity contribution is 5.96. The molecule has 0 aliphatic heterocycles. The third kappa shape index (κ3) is 7.80. The van der Waals surface area contributed by atoms with Gasteiger partial charge in [-0.2, -0.15) is 4.39 Å². The van der Waals surface area contributed by atoms with Crippen LogP contribution in [0.3, 0.4) is 0 Å². The van der Waals surface area contributed by atoms with Gasteiger partial charge in [-0.1, -0.05) is 6.92 Å². The molecule has 0 radical (unpaired) electrons. The molecular formula is C30H35F2N9O4. The number of imidazole rings is 1. The van der Waals surface area contributed by atoms with Crippen molar-refractivity contribution in [2.45, 2.75) is 32.2 Å². The summed E-state index contributed by atoms with van der Waals surface area (Å²) in [6.45, 7) is 2.62. The van der Waals surface area contributed by atoms with Crippen LogP contribution in [-0.2, 0) is 11.2 Å². The Morgan fingerprint density at radius 2 is 1.80 bits per heavy atom. The Morgan fingerprint density at radius 1 is 1.02 bits per heavy atom. The molecule has 4 amide bonds. The van der Waals surface area contributed by atoms with Crippen LogP contribution in [0.5, 0.6) is 5.75 Å². The van der Waals surface area contributed by atoms with Gasteiger partial charge < -0.3 is 37.5 Å². The number of nitrogens with two attached hydrogens (primary N) is 2. The summed E-state index contributed by atoms with van der Waals surface area (Å²) in [5.41, 5.74) is 13.5. The van der Waals surface area contributed by atoms with Gasteiger partial charge in [0.1, 0.15) is 0 Å². The lowest BCUT2D eigenvalue weighted by molar-refractivity contribution is -0.122. The molecule has 0 saturated heterocycles. The van der Waals surface area contributed by atoms with Crippen molar-refractivity contribution in [2.24, 2.45) is 11.5 Å². The molecule has 0 aliphatic carbocycles. The largest absolute Gasteiger partial charge is 0.494 e. The van der Waals surface area contributed by atoms with E-state index in [4.69, 9.17) is 16.2 Å². The molecule has 0 fully saturated rings. The Morgan fingerprint density at radius 3 is 2.53 bits per heavy atom. The number of rotatable bonds is 14. The predicted octanol–water partition coefficient (Wildman–Crippen LogP) is 2.61. The van der Waals surface area contributed by atoms with Crippen molar-refractivity contribution in [3.8, 4) is 17.0 Å². The number of urea groups is 1. The average Bonchev–Trinajstić information content (AvgIpc) is 3.47. The highest BCUT2D eigenvalue weighted by Crippen LogP contribution is 2.31.